The first kappa shape index (κ1) is 15.5. The van der Waals surface area contributed by atoms with Gasteiger partial charge in [0.2, 0.25) is 10.0 Å². The van der Waals surface area contributed by atoms with Crippen molar-refractivity contribution in [1.29, 1.82) is 0 Å². The Kier molecular flexibility index (Phi) is 4.52. The van der Waals surface area contributed by atoms with E-state index in [1.165, 1.54) is 6.42 Å². The van der Waals surface area contributed by atoms with E-state index < -0.39 is 10.0 Å². The van der Waals surface area contributed by atoms with Crippen LogP contribution in [0, 0.1) is 6.92 Å². The smallest absolute Gasteiger partial charge is 0.241 e. The summed E-state index contributed by atoms with van der Waals surface area (Å²) >= 11 is 0. The standard InChI is InChI=1S/C15H23NO3S/c1-12-6-7-14(10-13(12)11-17)20(18,19)16-15(2)8-4-3-5-9-15/h6-7,10,16-17H,3-5,8-9,11H2,1-2H3. The molecule has 0 saturated heterocycles. The summed E-state index contributed by atoms with van der Waals surface area (Å²) in [7, 11) is -3.53. The molecule has 0 radical (unpaired) electrons. The summed E-state index contributed by atoms with van der Waals surface area (Å²) < 4.78 is 27.8. The van der Waals surface area contributed by atoms with Crippen molar-refractivity contribution in [2.75, 3.05) is 0 Å². The number of benzene rings is 1. The van der Waals surface area contributed by atoms with Gasteiger partial charge in [-0.25, -0.2) is 13.1 Å². The number of aryl methyl sites for hydroxylation is 1. The minimum Gasteiger partial charge on any atom is -0.392 e. The fraction of sp³-hybridized carbons (Fsp3) is 0.600. The lowest BCUT2D eigenvalue weighted by molar-refractivity contribution is 0.280. The van der Waals surface area contributed by atoms with Crippen molar-refractivity contribution >= 4 is 10.0 Å². The van der Waals surface area contributed by atoms with Gasteiger partial charge in [-0.1, -0.05) is 25.3 Å². The van der Waals surface area contributed by atoms with E-state index in [1.807, 2.05) is 13.8 Å². The van der Waals surface area contributed by atoms with Crippen molar-refractivity contribution in [3.8, 4) is 0 Å². The SMILES string of the molecule is Cc1ccc(S(=O)(=O)NC2(C)CCCCC2)cc1CO. The van der Waals surface area contributed by atoms with Gasteiger partial charge in [0.1, 0.15) is 0 Å². The minimum atomic E-state index is -3.53. The second-order valence-corrected chi connectivity index (χ2v) is 7.66. The van der Waals surface area contributed by atoms with E-state index in [4.69, 9.17) is 0 Å². The van der Waals surface area contributed by atoms with Gasteiger partial charge in [0.05, 0.1) is 11.5 Å². The molecule has 1 aliphatic carbocycles. The van der Waals surface area contributed by atoms with E-state index in [0.29, 0.717) is 5.56 Å². The molecule has 0 amide bonds. The molecule has 1 saturated carbocycles. The molecule has 1 aromatic rings. The van der Waals surface area contributed by atoms with Gasteiger partial charge in [-0.2, -0.15) is 0 Å². The van der Waals surface area contributed by atoms with Crippen molar-refractivity contribution in [1.82, 2.24) is 4.72 Å². The highest BCUT2D eigenvalue weighted by Gasteiger charge is 2.32. The van der Waals surface area contributed by atoms with Gasteiger partial charge in [-0.15, -0.1) is 0 Å². The van der Waals surface area contributed by atoms with E-state index in [2.05, 4.69) is 4.72 Å². The van der Waals surface area contributed by atoms with Gasteiger partial charge in [0.25, 0.3) is 0 Å². The van der Waals surface area contributed by atoms with Crippen LogP contribution in [0.3, 0.4) is 0 Å². The predicted octanol–water partition coefficient (Wildman–Crippen LogP) is 2.49. The average molecular weight is 297 g/mol. The molecular formula is C15H23NO3S. The minimum absolute atomic E-state index is 0.146. The Hall–Kier alpha value is -0.910. The van der Waals surface area contributed by atoms with Crippen LogP contribution in [0.5, 0.6) is 0 Å². The largest absolute Gasteiger partial charge is 0.392 e. The van der Waals surface area contributed by atoms with E-state index in [-0.39, 0.29) is 17.0 Å². The molecule has 0 aromatic heterocycles. The van der Waals surface area contributed by atoms with Crippen molar-refractivity contribution in [2.24, 2.45) is 0 Å². The number of hydrogen-bond acceptors (Lipinski definition) is 3. The zero-order chi connectivity index (χ0) is 14.8. The van der Waals surface area contributed by atoms with Gasteiger partial charge in [-0.3, -0.25) is 0 Å². The van der Waals surface area contributed by atoms with Crippen LogP contribution in [-0.4, -0.2) is 19.1 Å². The lowest BCUT2D eigenvalue weighted by Gasteiger charge is -2.34. The average Bonchev–Trinajstić information content (AvgIpc) is 2.38. The van der Waals surface area contributed by atoms with Gasteiger partial charge in [0, 0.05) is 5.54 Å². The summed E-state index contributed by atoms with van der Waals surface area (Å²) in [5, 5.41) is 9.27. The second kappa shape index (κ2) is 5.84. The van der Waals surface area contributed by atoms with Crippen LogP contribution < -0.4 is 4.72 Å². The first-order valence-corrected chi connectivity index (χ1v) is 8.59. The molecule has 5 heteroatoms. The molecule has 0 atom stereocenters. The maximum absolute atomic E-state index is 12.5. The summed E-state index contributed by atoms with van der Waals surface area (Å²) in [6, 6.07) is 4.90. The number of aliphatic hydroxyl groups excluding tert-OH is 1. The predicted molar refractivity (Wildman–Crippen MR) is 78.9 cm³/mol. The van der Waals surface area contributed by atoms with Crippen LogP contribution in [0.25, 0.3) is 0 Å². The first-order valence-electron chi connectivity index (χ1n) is 7.11. The van der Waals surface area contributed by atoms with Gasteiger partial charge in [-0.05, 0) is 49.9 Å². The molecule has 0 aliphatic heterocycles. The molecule has 0 spiro atoms. The molecular weight excluding hydrogens is 274 g/mol. The van der Waals surface area contributed by atoms with Crippen molar-refractivity contribution in [2.45, 2.75) is 63.0 Å². The normalized spacial score (nSPS) is 18.9. The Morgan fingerprint density at radius 2 is 1.90 bits per heavy atom. The Labute approximate surface area is 121 Å². The van der Waals surface area contributed by atoms with Crippen LogP contribution in [0.4, 0.5) is 0 Å². The molecule has 2 N–H and O–H groups in total. The fourth-order valence-corrected chi connectivity index (χ4v) is 4.32. The molecule has 1 aromatic carbocycles. The van der Waals surface area contributed by atoms with Crippen molar-refractivity contribution in [3.05, 3.63) is 29.3 Å². The number of sulfonamides is 1. The molecule has 0 unspecified atom stereocenters. The molecule has 112 valence electrons. The maximum Gasteiger partial charge on any atom is 0.241 e. The lowest BCUT2D eigenvalue weighted by atomic mass is 9.84. The molecule has 1 aliphatic rings. The monoisotopic (exact) mass is 297 g/mol. The second-order valence-electron chi connectivity index (χ2n) is 5.97. The summed E-state index contributed by atoms with van der Waals surface area (Å²) in [4.78, 5) is 0.235. The van der Waals surface area contributed by atoms with E-state index in [0.717, 1.165) is 31.2 Å². The summed E-state index contributed by atoms with van der Waals surface area (Å²) in [6.45, 7) is 3.69. The maximum atomic E-state index is 12.5. The van der Waals surface area contributed by atoms with Crippen LogP contribution in [-0.2, 0) is 16.6 Å². The Bertz CT molecular complexity index is 575. The summed E-state index contributed by atoms with van der Waals surface area (Å²) in [6.07, 6.45) is 5.07. The first-order chi connectivity index (χ1) is 9.36. The zero-order valence-corrected chi connectivity index (χ0v) is 13.0. The van der Waals surface area contributed by atoms with E-state index in [9.17, 15) is 13.5 Å². The number of rotatable bonds is 4. The van der Waals surface area contributed by atoms with Crippen molar-refractivity contribution in [3.63, 3.8) is 0 Å². The third-order valence-electron chi connectivity index (χ3n) is 4.14. The quantitative estimate of drug-likeness (QED) is 0.897. The van der Waals surface area contributed by atoms with Crippen LogP contribution >= 0.6 is 0 Å². The highest BCUT2D eigenvalue weighted by Crippen LogP contribution is 2.29. The van der Waals surface area contributed by atoms with Gasteiger partial charge >= 0.3 is 0 Å². The van der Waals surface area contributed by atoms with Gasteiger partial charge in [0.15, 0.2) is 0 Å². The third-order valence-corrected chi connectivity index (χ3v) is 5.78. The molecule has 0 heterocycles. The summed E-state index contributed by atoms with van der Waals surface area (Å²) in [5.74, 6) is 0. The lowest BCUT2D eigenvalue weighted by Crippen LogP contribution is -2.47. The van der Waals surface area contributed by atoms with Crippen LogP contribution in [0.2, 0.25) is 0 Å². The molecule has 0 bridgehead atoms. The van der Waals surface area contributed by atoms with Crippen LogP contribution in [0.1, 0.15) is 50.2 Å². The zero-order valence-electron chi connectivity index (χ0n) is 12.1. The fourth-order valence-electron chi connectivity index (χ4n) is 2.80. The third kappa shape index (κ3) is 3.40. The number of aliphatic hydroxyl groups is 1. The molecule has 2 rings (SSSR count). The highest BCUT2D eigenvalue weighted by atomic mass is 32.2. The van der Waals surface area contributed by atoms with Crippen molar-refractivity contribution < 1.29 is 13.5 Å². The topological polar surface area (TPSA) is 66.4 Å². The highest BCUT2D eigenvalue weighted by molar-refractivity contribution is 7.89. The molecule has 1 fully saturated rings. The molecule has 4 nitrogen and oxygen atoms in total. The van der Waals surface area contributed by atoms with Gasteiger partial charge < -0.3 is 5.11 Å². The Balaban J connectivity index is 2.26. The van der Waals surface area contributed by atoms with E-state index in [1.54, 1.807) is 18.2 Å². The molecule has 20 heavy (non-hydrogen) atoms. The Morgan fingerprint density at radius 1 is 1.25 bits per heavy atom. The van der Waals surface area contributed by atoms with Crippen LogP contribution in [0.15, 0.2) is 23.1 Å². The van der Waals surface area contributed by atoms with E-state index >= 15 is 0 Å². The number of nitrogens with one attached hydrogen (secondary N) is 1. The number of hydrogen-bond donors (Lipinski definition) is 2. The summed E-state index contributed by atoms with van der Waals surface area (Å²) in [5.41, 5.74) is 1.21. The Morgan fingerprint density at radius 3 is 2.50 bits per heavy atom.